The van der Waals surface area contributed by atoms with Gasteiger partial charge in [0.2, 0.25) is 0 Å². The zero-order valence-electron chi connectivity index (χ0n) is 11.8. The van der Waals surface area contributed by atoms with E-state index < -0.39 is 6.10 Å². The molecule has 20 heavy (non-hydrogen) atoms. The fourth-order valence-electron chi connectivity index (χ4n) is 2.17. The monoisotopic (exact) mass is 359 g/mol. The highest BCUT2D eigenvalue weighted by molar-refractivity contribution is 9.10. The van der Waals surface area contributed by atoms with Crippen molar-refractivity contribution in [3.8, 4) is 5.75 Å². The van der Waals surface area contributed by atoms with E-state index in [0.29, 0.717) is 19.2 Å². The first-order chi connectivity index (χ1) is 9.65. The van der Waals surface area contributed by atoms with E-state index in [9.17, 15) is 5.11 Å². The summed E-state index contributed by atoms with van der Waals surface area (Å²) in [5, 5.41) is 13.4. The van der Waals surface area contributed by atoms with Crippen LogP contribution in [0.2, 0.25) is 0 Å². The van der Waals surface area contributed by atoms with Crippen LogP contribution in [0.4, 0.5) is 0 Å². The van der Waals surface area contributed by atoms with Gasteiger partial charge in [-0.1, -0.05) is 6.07 Å². The quantitative estimate of drug-likeness (QED) is 0.819. The predicted octanol–water partition coefficient (Wildman–Crippen LogP) is 2.98. The lowest BCUT2D eigenvalue weighted by molar-refractivity contribution is 0.103. The van der Waals surface area contributed by atoms with Gasteiger partial charge in [-0.05, 0) is 59.1 Å². The summed E-state index contributed by atoms with van der Waals surface area (Å²) in [6.07, 6.45) is 2.00. The highest BCUT2D eigenvalue weighted by Crippen LogP contribution is 2.25. The average molecular weight is 360 g/mol. The van der Waals surface area contributed by atoms with Crippen LogP contribution in [0, 0.1) is 6.92 Å². The van der Waals surface area contributed by atoms with Crippen LogP contribution in [-0.2, 0) is 0 Å². The minimum absolute atomic E-state index is 0.314. The smallest absolute Gasteiger partial charge is 0.133 e. The van der Waals surface area contributed by atoms with Gasteiger partial charge in [0.25, 0.3) is 0 Å². The van der Waals surface area contributed by atoms with E-state index in [1.54, 1.807) is 0 Å². The Balaban J connectivity index is 1.70. The summed E-state index contributed by atoms with van der Waals surface area (Å²) in [6.45, 7) is 2.94. The summed E-state index contributed by atoms with van der Waals surface area (Å²) in [5.74, 6) is 3.20. The first kappa shape index (κ1) is 16.1. The molecule has 0 radical (unpaired) electrons. The number of halogens is 1. The van der Waals surface area contributed by atoms with Crippen LogP contribution in [0.15, 0.2) is 22.7 Å². The molecule has 1 fully saturated rings. The van der Waals surface area contributed by atoms with Gasteiger partial charge in [0.15, 0.2) is 0 Å². The number of ether oxygens (including phenoxy) is 1. The van der Waals surface area contributed by atoms with Crippen molar-refractivity contribution in [2.45, 2.75) is 31.9 Å². The maximum Gasteiger partial charge on any atom is 0.133 e. The molecule has 0 saturated carbocycles. The number of rotatable bonds is 6. The van der Waals surface area contributed by atoms with E-state index in [1.165, 1.54) is 24.2 Å². The zero-order chi connectivity index (χ0) is 14.4. The van der Waals surface area contributed by atoms with Crippen molar-refractivity contribution in [3.63, 3.8) is 0 Å². The molecule has 112 valence electrons. The maximum atomic E-state index is 9.98. The minimum Gasteiger partial charge on any atom is -0.490 e. The summed E-state index contributed by atoms with van der Waals surface area (Å²) in [6, 6.07) is 6.48. The fraction of sp³-hybridized carbons (Fsp3) is 0.600. The minimum atomic E-state index is -0.477. The number of hydrogen-bond donors (Lipinski definition) is 2. The van der Waals surface area contributed by atoms with Crippen LogP contribution in [0.3, 0.4) is 0 Å². The molecule has 0 amide bonds. The average Bonchev–Trinajstić information content (AvgIpc) is 2.45. The van der Waals surface area contributed by atoms with Crippen LogP contribution in [-0.4, -0.2) is 41.9 Å². The molecular weight excluding hydrogens is 338 g/mol. The molecule has 0 aliphatic carbocycles. The van der Waals surface area contributed by atoms with Crippen molar-refractivity contribution in [1.29, 1.82) is 0 Å². The second-order valence-electron chi connectivity index (χ2n) is 5.22. The first-order valence-electron chi connectivity index (χ1n) is 7.03. The lowest BCUT2D eigenvalue weighted by Crippen LogP contribution is -2.40. The standard InChI is InChI=1S/C15H22BrNO2S/c1-11-4-5-15(14(16)7-11)19-9-13(18)8-17-12-3-2-6-20-10-12/h4-5,7,12-13,17-18H,2-3,6,8-10H2,1H3. The number of aryl methyl sites for hydroxylation is 1. The molecule has 1 aromatic carbocycles. The molecule has 5 heteroatoms. The van der Waals surface area contributed by atoms with Gasteiger partial charge in [-0.2, -0.15) is 11.8 Å². The molecule has 2 atom stereocenters. The lowest BCUT2D eigenvalue weighted by atomic mass is 10.2. The Labute approximate surface area is 133 Å². The Kier molecular flexibility index (Phi) is 6.68. The van der Waals surface area contributed by atoms with Gasteiger partial charge in [-0.25, -0.2) is 0 Å². The topological polar surface area (TPSA) is 41.5 Å². The molecule has 2 N–H and O–H groups in total. The summed E-state index contributed by atoms with van der Waals surface area (Å²) >= 11 is 5.46. The Morgan fingerprint density at radius 1 is 1.55 bits per heavy atom. The molecule has 0 aromatic heterocycles. The van der Waals surface area contributed by atoms with E-state index >= 15 is 0 Å². The van der Waals surface area contributed by atoms with Crippen molar-refractivity contribution >= 4 is 27.7 Å². The second-order valence-corrected chi connectivity index (χ2v) is 7.23. The normalized spacial score (nSPS) is 20.6. The molecule has 1 saturated heterocycles. The Bertz CT molecular complexity index is 424. The van der Waals surface area contributed by atoms with Gasteiger partial charge < -0.3 is 15.2 Å². The molecule has 3 nitrogen and oxygen atoms in total. The van der Waals surface area contributed by atoms with E-state index in [4.69, 9.17) is 4.74 Å². The van der Waals surface area contributed by atoms with Gasteiger partial charge in [-0.15, -0.1) is 0 Å². The number of benzene rings is 1. The zero-order valence-corrected chi connectivity index (χ0v) is 14.2. The molecule has 1 aliphatic rings. The third kappa shape index (κ3) is 5.28. The third-order valence-electron chi connectivity index (χ3n) is 3.32. The lowest BCUT2D eigenvalue weighted by Gasteiger charge is -2.24. The summed E-state index contributed by atoms with van der Waals surface area (Å²) < 4.78 is 6.58. The predicted molar refractivity (Wildman–Crippen MR) is 88.7 cm³/mol. The van der Waals surface area contributed by atoms with Gasteiger partial charge >= 0.3 is 0 Å². The first-order valence-corrected chi connectivity index (χ1v) is 8.98. The van der Waals surface area contributed by atoms with Crippen LogP contribution in [0.5, 0.6) is 5.75 Å². The summed E-state index contributed by atoms with van der Waals surface area (Å²) in [4.78, 5) is 0. The fourth-order valence-corrected chi connectivity index (χ4v) is 3.89. The molecule has 1 aliphatic heterocycles. The van der Waals surface area contributed by atoms with Gasteiger partial charge in [0.1, 0.15) is 18.5 Å². The molecule has 0 bridgehead atoms. The van der Waals surface area contributed by atoms with Crippen LogP contribution in [0.25, 0.3) is 0 Å². The Hall–Kier alpha value is -0.230. The number of aliphatic hydroxyl groups is 1. The largest absolute Gasteiger partial charge is 0.490 e. The van der Waals surface area contributed by atoms with Gasteiger partial charge in [0, 0.05) is 18.3 Å². The Morgan fingerprint density at radius 2 is 2.40 bits per heavy atom. The van der Waals surface area contributed by atoms with Crippen molar-refractivity contribution in [1.82, 2.24) is 5.32 Å². The van der Waals surface area contributed by atoms with Gasteiger partial charge in [-0.3, -0.25) is 0 Å². The van der Waals surface area contributed by atoms with Crippen molar-refractivity contribution in [2.24, 2.45) is 0 Å². The molecular formula is C15H22BrNO2S. The van der Waals surface area contributed by atoms with E-state index in [1.807, 2.05) is 36.9 Å². The number of nitrogens with one attached hydrogen (secondary N) is 1. The van der Waals surface area contributed by atoms with Crippen molar-refractivity contribution < 1.29 is 9.84 Å². The van der Waals surface area contributed by atoms with Gasteiger partial charge in [0.05, 0.1) is 4.47 Å². The van der Waals surface area contributed by atoms with Crippen LogP contribution in [0.1, 0.15) is 18.4 Å². The third-order valence-corrected chi connectivity index (χ3v) is 5.16. The molecule has 2 rings (SSSR count). The second kappa shape index (κ2) is 8.27. The highest BCUT2D eigenvalue weighted by atomic mass is 79.9. The summed E-state index contributed by atoms with van der Waals surface area (Å²) in [7, 11) is 0. The number of hydrogen-bond acceptors (Lipinski definition) is 4. The number of thioether (sulfide) groups is 1. The SMILES string of the molecule is Cc1ccc(OCC(O)CNC2CCCSC2)c(Br)c1. The van der Waals surface area contributed by atoms with E-state index in [2.05, 4.69) is 21.2 Å². The van der Waals surface area contributed by atoms with E-state index in [-0.39, 0.29) is 0 Å². The number of aliphatic hydroxyl groups excluding tert-OH is 1. The van der Waals surface area contributed by atoms with Crippen LogP contribution >= 0.6 is 27.7 Å². The molecule has 1 heterocycles. The maximum absolute atomic E-state index is 9.98. The van der Waals surface area contributed by atoms with Crippen LogP contribution < -0.4 is 10.1 Å². The molecule has 0 spiro atoms. The molecule has 2 unspecified atom stereocenters. The van der Waals surface area contributed by atoms with Crippen molar-refractivity contribution in [2.75, 3.05) is 24.7 Å². The summed E-state index contributed by atoms with van der Waals surface area (Å²) in [5.41, 5.74) is 1.18. The highest BCUT2D eigenvalue weighted by Gasteiger charge is 2.15. The van der Waals surface area contributed by atoms with E-state index in [0.717, 1.165) is 16.0 Å². The molecule has 1 aromatic rings. The van der Waals surface area contributed by atoms with Crippen molar-refractivity contribution in [3.05, 3.63) is 28.2 Å². The Morgan fingerprint density at radius 3 is 3.10 bits per heavy atom.